The van der Waals surface area contributed by atoms with Crippen molar-refractivity contribution >= 4 is 0 Å². The van der Waals surface area contributed by atoms with Crippen LogP contribution in [0.2, 0.25) is 0 Å². The molecule has 0 saturated heterocycles. The summed E-state index contributed by atoms with van der Waals surface area (Å²) in [4.78, 5) is 0. The highest BCUT2D eigenvalue weighted by molar-refractivity contribution is 5.27. The maximum absolute atomic E-state index is 12.9. The molecule has 0 aromatic heterocycles. The molecule has 1 atom stereocenters. The summed E-state index contributed by atoms with van der Waals surface area (Å²) >= 11 is 0. The first-order valence-electron chi connectivity index (χ1n) is 4.02. The lowest BCUT2D eigenvalue weighted by molar-refractivity contribution is -0.140. The minimum absolute atomic E-state index is 0.0944. The van der Waals surface area contributed by atoms with E-state index >= 15 is 0 Å². The number of rotatable bonds is 2. The SMILES string of the molecule is OCC(O)c1ccc(C(F)(F)F)c(F)c1. The van der Waals surface area contributed by atoms with Crippen LogP contribution in [0, 0.1) is 5.82 Å². The summed E-state index contributed by atoms with van der Waals surface area (Å²) in [5.74, 6) is -1.47. The van der Waals surface area contributed by atoms with Crippen molar-refractivity contribution in [1.82, 2.24) is 0 Å². The molecule has 2 nitrogen and oxygen atoms in total. The lowest BCUT2D eigenvalue weighted by Crippen LogP contribution is -2.10. The van der Waals surface area contributed by atoms with Crippen LogP contribution in [0.5, 0.6) is 0 Å². The zero-order chi connectivity index (χ0) is 11.6. The molecular weight excluding hydrogens is 216 g/mol. The van der Waals surface area contributed by atoms with Crippen LogP contribution in [0.4, 0.5) is 17.6 Å². The Hall–Kier alpha value is -1.14. The van der Waals surface area contributed by atoms with E-state index in [9.17, 15) is 17.6 Å². The van der Waals surface area contributed by atoms with E-state index in [1.165, 1.54) is 0 Å². The van der Waals surface area contributed by atoms with Crippen LogP contribution in [-0.2, 0) is 6.18 Å². The highest BCUT2D eigenvalue weighted by atomic mass is 19.4. The van der Waals surface area contributed by atoms with Gasteiger partial charge in [0, 0.05) is 0 Å². The lowest BCUT2D eigenvalue weighted by Gasteiger charge is -2.11. The van der Waals surface area contributed by atoms with Crippen LogP contribution in [0.1, 0.15) is 17.2 Å². The number of aliphatic hydroxyl groups is 2. The van der Waals surface area contributed by atoms with E-state index in [1.54, 1.807) is 0 Å². The predicted molar refractivity (Wildman–Crippen MR) is 43.4 cm³/mol. The summed E-state index contributed by atoms with van der Waals surface area (Å²) in [7, 11) is 0. The van der Waals surface area contributed by atoms with Gasteiger partial charge in [-0.2, -0.15) is 13.2 Å². The summed E-state index contributed by atoms with van der Waals surface area (Å²) in [6.07, 6.45) is -6.13. The molecule has 0 radical (unpaired) electrons. The molecule has 0 heterocycles. The predicted octanol–water partition coefficient (Wildman–Crippen LogP) is 1.87. The molecule has 1 aromatic carbocycles. The first kappa shape index (κ1) is 11.9. The van der Waals surface area contributed by atoms with E-state index in [0.29, 0.717) is 12.1 Å². The van der Waals surface area contributed by atoms with Gasteiger partial charge in [-0.25, -0.2) is 4.39 Å². The van der Waals surface area contributed by atoms with Gasteiger partial charge in [0.05, 0.1) is 12.2 Å². The third-order valence-electron chi connectivity index (χ3n) is 1.86. The molecule has 0 aliphatic heterocycles. The molecule has 0 aliphatic carbocycles. The van der Waals surface area contributed by atoms with E-state index in [4.69, 9.17) is 10.2 Å². The van der Waals surface area contributed by atoms with Crippen molar-refractivity contribution in [2.45, 2.75) is 12.3 Å². The Bertz CT molecular complexity index is 348. The summed E-state index contributed by atoms with van der Waals surface area (Å²) in [6, 6.07) is 2.01. The fourth-order valence-corrected chi connectivity index (χ4v) is 1.07. The number of hydrogen-bond donors (Lipinski definition) is 2. The fourth-order valence-electron chi connectivity index (χ4n) is 1.07. The normalized spacial score (nSPS) is 14.0. The molecule has 0 aliphatic rings. The second kappa shape index (κ2) is 4.16. The van der Waals surface area contributed by atoms with Gasteiger partial charge < -0.3 is 10.2 Å². The first-order chi connectivity index (χ1) is 6.86. The molecule has 15 heavy (non-hydrogen) atoms. The van der Waals surface area contributed by atoms with Gasteiger partial charge in [0.25, 0.3) is 0 Å². The third kappa shape index (κ3) is 2.66. The van der Waals surface area contributed by atoms with Crippen molar-refractivity contribution in [3.63, 3.8) is 0 Å². The van der Waals surface area contributed by atoms with Gasteiger partial charge in [0.15, 0.2) is 0 Å². The molecule has 1 unspecified atom stereocenters. The third-order valence-corrected chi connectivity index (χ3v) is 1.86. The number of benzene rings is 1. The second-order valence-electron chi connectivity index (χ2n) is 2.94. The molecular formula is C9H8F4O2. The molecule has 0 bridgehead atoms. The quantitative estimate of drug-likeness (QED) is 0.753. The van der Waals surface area contributed by atoms with E-state index < -0.39 is 30.3 Å². The van der Waals surface area contributed by atoms with Gasteiger partial charge in [-0.05, 0) is 17.7 Å². The minimum Gasteiger partial charge on any atom is -0.393 e. The number of hydrogen-bond acceptors (Lipinski definition) is 2. The minimum atomic E-state index is -4.76. The smallest absolute Gasteiger partial charge is 0.393 e. The Morgan fingerprint density at radius 2 is 1.87 bits per heavy atom. The number of alkyl halides is 3. The van der Waals surface area contributed by atoms with Gasteiger partial charge in [0.1, 0.15) is 11.9 Å². The standard InChI is InChI=1S/C9H8F4O2/c10-7-3-5(8(15)4-14)1-2-6(7)9(11,12)13/h1-3,8,14-15H,4H2. The van der Waals surface area contributed by atoms with Gasteiger partial charge in [-0.3, -0.25) is 0 Å². The Kier molecular flexibility index (Phi) is 3.31. The Labute approximate surface area is 82.8 Å². The van der Waals surface area contributed by atoms with Crippen LogP contribution >= 0.6 is 0 Å². The van der Waals surface area contributed by atoms with Gasteiger partial charge >= 0.3 is 6.18 Å². The Morgan fingerprint density at radius 1 is 1.27 bits per heavy atom. The van der Waals surface area contributed by atoms with Crippen LogP contribution in [0.15, 0.2) is 18.2 Å². The average molecular weight is 224 g/mol. The van der Waals surface area contributed by atoms with Crippen molar-refractivity contribution < 1.29 is 27.8 Å². The largest absolute Gasteiger partial charge is 0.419 e. The zero-order valence-electron chi connectivity index (χ0n) is 7.42. The Morgan fingerprint density at radius 3 is 2.27 bits per heavy atom. The van der Waals surface area contributed by atoms with Gasteiger partial charge in [-0.15, -0.1) is 0 Å². The first-order valence-corrected chi connectivity index (χ1v) is 4.02. The monoisotopic (exact) mass is 224 g/mol. The van der Waals surface area contributed by atoms with Crippen LogP contribution in [-0.4, -0.2) is 16.8 Å². The Balaban J connectivity index is 3.09. The topological polar surface area (TPSA) is 40.5 Å². The molecule has 0 spiro atoms. The molecule has 0 saturated carbocycles. The maximum atomic E-state index is 12.9. The molecule has 2 N–H and O–H groups in total. The molecule has 6 heteroatoms. The summed E-state index contributed by atoms with van der Waals surface area (Å²) in [5, 5.41) is 17.6. The second-order valence-corrected chi connectivity index (χ2v) is 2.94. The van der Waals surface area contributed by atoms with E-state index in [2.05, 4.69) is 0 Å². The van der Waals surface area contributed by atoms with Crippen molar-refractivity contribution in [2.75, 3.05) is 6.61 Å². The summed E-state index contributed by atoms with van der Waals surface area (Å²) < 4.78 is 49.3. The summed E-state index contributed by atoms with van der Waals surface area (Å²) in [6.45, 7) is -0.676. The van der Waals surface area contributed by atoms with E-state index in [-0.39, 0.29) is 5.56 Å². The van der Waals surface area contributed by atoms with Crippen LogP contribution < -0.4 is 0 Å². The number of aliphatic hydroxyl groups excluding tert-OH is 2. The zero-order valence-corrected chi connectivity index (χ0v) is 7.42. The highest BCUT2D eigenvalue weighted by Crippen LogP contribution is 2.32. The van der Waals surface area contributed by atoms with Gasteiger partial charge in [0.2, 0.25) is 0 Å². The highest BCUT2D eigenvalue weighted by Gasteiger charge is 2.34. The molecule has 0 fully saturated rings. The molecule has 1 rings (SSSR count). The average Bonchev–Trinajstić information content (AvgIpc) is 2.14. The van der Waals surface area contributed by atoms with Crippen LogP contribution in [0.25, 0.3) is 0 Å². The maximum Gasteiger partial charge on any atom is 0.419 e. The van der Waals surface area contributed by atoms with Crippen molar-refractivity contribution in [3.8, 4) is 0 Å². The fraction of sp³-hybridized carbons (Fsp3) is 0.333. The lowest BCUT2D eigenvalue weighted by atomic mass is 10.1. The van der Waals surface area contributed by atoms with E-state index in [1.807, 2.05) is 0 Å². The van der Waals surface area contributed by atoms with E-state index in [0.717, 1.165) is 6.07 Å². The molecule has 0 amide bonds. The van der Waals surface area contributed by atoms with Gasteiger partial charge in [-0.1, -0.05) is 6.07 Å². The van der Waals surface area contributed by atoms with Crippen molar-refractivity contribution in [3.05, 3.63) is 35.1 Å². The summed E-state index contributed by atoms with van der Waals surface area (Å²) in [5.41, 5.74) is -1.49. The molecule has 84 valence electrons. The molecule has 1 aromatic rings. The van der Waals surface area contributed by atoms with Crippen molar-refractivity contribution in [1.29, 1.82) is 0 Å². The van der Waals surface area contributed by atoms with Crippen LogP contribution in [0.3, 0.4) is 0 Å². The van der Waals surface area contributed by atoms with Crippen molar-refractivity contribution in [2.24, 2.45) is 0 Å². The number of halogens is 4.